The Morgan fingerprint density at radius 1 is 1.06 bits per heavy atom. The average Bonchev–Trinajstić information content (AvgIpc) is 3.12. The van der Waals surface area contributed by atoms with Crippen LogP contribution in [-0.2, 0) is 19.6 Å². The van der Waals surface area contributed by atoms with E-state index in [1.165, 1.54) is 36.4 Å². The monoisotopic (exact) mass is 444 g/mol. The van der Waals surface area contributed by atoms with Gasteiger partial charge in [0.15, 0.2) is 18.2 Å². The Morgan fingerprint density at radius 3 is 2.52 bits per heavy atom. The molecule has 0 unspecified atom stereocenters. The van der Waals surface area contributed by atoms with Gasteiger partial charge in [-0.1, -0.05) is 29.4 Å². The number of para-hydroxylation sites is 1. The minimum Gasteiger partial charge on any atom is -0.452 e. The molecule has 0 radical (unpaired) electrons. The van der Waals surface area contributed by atoms with Crippen molar-refractivity contribution < 1.29 is 31.4 Å². The summed E-state index contributed by atoms with van der Waals surface area (Å²) in [5.74, 6) is -1.08. The van der Waals surface area contributed by atoms with Gasteiger partial charge in [-0.2, -0.15) is 8.42 Å². The number of nitrogens with zero attached hydrogens (tertiary/aromatic N) is 1. The number of rotatable bonds is 7. The van der Waals surface area contributed by atoms with E-state index in [0.717, 1.165) is 5.56 Å². The average molecular weight is 444 g/mol. The second-order valence-electron chi connectivity index (χ2n) is 6.75. The molecule has 2 aromatic carbocycles. The van der Waals surface area contributed by atoms with Crippen molar-refractivity contribution in [1.82, 2.24) is 5.16 Å². The van der Waals surface area contributed by atoms with E-state index < -0.39 is 28.6 Å². The predicted octanol–water partition coefficient (Wildman–Crippen LogP) is 3.16. The zero-order chi connectivity index (χ0) is 22.6. The number of esters is 1. The highest BCUT2D eigenvalue weighted by Crippen LogP contribution is 2.26. The van der Waals surface area contributed by atoms with Crippen LogP contribution in [0.3, 0.4) is 0 Å². The van der Waals surface area contributed by atoms with E-state index >= 15 is 0 Å². The molecule has 1 N–H and O–H groups in total. The summed E-state index contributed by atoms with van der Waals surface area (Å²) in [7, 11) is -4.20. The van der Waals surface area contributed by atoms with Crippen molar-refractivity contribution in [3.63, 3.8) is 0 Å². The molecule has 0 fully saturated rings. The van der Waals surface area contributed by atoms with Crippen LogP contribution < -0.4 is 9.50 Å². The largest absolute Gasteiger partial charge is 0.452 e. The molecule has 31 heavy (non-hydrogen) atoms. The van der Waals surface area contributed by atoms with Crippen molar-refractivity contribution in [2.45, 2.75) is 25.7 Å². The molecule has 0 aliphatic heterocycles. The topological polar surface area (TPSA) is 125 Å². The number of benzene rings is 2. The molecule has 162 valence electrons. The highest BCUT2D eigenvalue weighted by atomic mass is 32.2. The fraction of sp³-hybridized carbons (Fsp3) is 0.190. The summed E-state index contributed by atoms with van der Waals surface area (Å²) in [5, 5.41) is 6.01. The smallest absolute Gasteiger partial charge is 0.342 e. The van der Waals surface area contributed by atoms with Gasteiger partial charge in [0.05, 0.1) is 0 Å². The van der Waals surface area contributed by atoms with E-state index in [4.69, 9.17) is 13.4 Å². The Bertz CT molecular complexity index is 1230. The Hall–Kier alpha value is -3.66. The Balaban J connectivity index is 1.73. The van der Waals surface area contributed by atoms with E-state index in [-0.39, 0.29) is 22.0 Å². The Morgan fingerprint density at radius 2 is 1.81 bits per heavy atom. The number of ether oxygens (including phenoxy) is 1. The molecule has 0 bridgehead atoms. The van der Waals surface area contributed by atoms with Crippen LogP contribution >= 0.6 is 0 Å². The molecule has 0 aliphatic rings. The van der Waals surface area contributed by atoms with Gasteiger partial charge in [-0.05, 0) is 50.1 Å². The number of anilines is 1. The second-order valence-corrected chi connectivity index (χ2v) is 8.26. The van der Waals surface area contributed by atoms with Crippen LogP contribution in [0, 0.1) is 20.8 Å². The normalized spacial score (nSPS) is 11.1. The molecule has 3 rings (SSSR count). The third-order valence-corrected chi connectivity index (χ3v) is 5.53. The molecule has 0 saturated carbocycles. The van der Waals surface area contributed by atoms with Crippen molar-refractivity contribution in [3.8, 4) is 5.75 Å². The van der Waals surface area contributed by atoms with Crippen molar-refractivity contribution >= 4 is 27.8 Å². The molecular weight excluding hydrogens is 424 g/mol. The Labute approximate surface area is 179 Å². The van der Waals surface area contributed by atoms with E-state index in [9.17, 15) is 18.0 Å². The number of carbonyl (C=O) groups excluding carboxylic acids is 2. The first kappa shape index (κ1) is 22.0. The fourth-order valence-corrected chi connectivity index (χ4v) is 3.92. The lowest BCUT2D eigenvalue weighted by molar-refractivity contribution is -0.119. The lowest BCUT2D eigenvalue weighted by atomic mass is 10.2. The summed E-state index contributed by atoms with van der Waals surface area (Å²) in [6, 6.07) is 12.2. The number of amides is 1. The molecule has 1 heterocycles. The molecule has 1 aromatic heterocycles. The number of aryl methyl sites for hydroxylation is 3. The van der Waals surface area contributed by atoms with Crippen LogP contribution in [0.4, 0.5) is 5.82 Å². The summed E-state index contributed by atoms with van der Waals surface area (Å²) < 4.78 is 40.6. The highest BCUT2D eigenvalue weighted by molar-refractivity contribution is 7.87. The van der Waals surface area contributed by atoms with Crippen molar-refractivity contribution in [1.29, 1.82) is 0 Å². The standard InChI is InChI=1S/C21H20N2O7S/c1-13-8-9-14(2)18(10-13)31(26,27)30-17-7-5-4-6-16(17)21(25)28-12-20(24)22-19-11-15(3)29-23-19/h4-11H,12H2,1-3H3,(H,22,23,24). The number of nitrogens with one attached hydrogen (secondary N) is 1. The van der Waals surface area contributed by atoms with Gasteiger partial charge in [-0.3, -0.25) is 4.79 Å². The minimum atomic E-state index is -4.20. The van der Waals surface area contributed by atoms with Crippen LogP contribution in [0.1, 0.15) is 27.2 Å². The molecule has 10 heteroatoms. The van der Waals surface area contributed by atoms with Gasteiger partial charge in [0, 0.05) is 6.07 Å². The van der Waals surface area contributed by atoms with Crippen molar-refractivity contribution in [2.75, 3.05) is 11.9 Å². The number of hydrogen-bond acceptors (Lipinski definition) is 8. The number of hydrogen-bond donors (Lipinski definition) is 1. The van der Waals surface area contributed by atoms with Gasteiger partial charge in [0.1, 0.15) is 16.2 Å². The summed E-state index contributed by atoms with van der Waals surface area (Å²) >= 11 is 0. The maximum absolute atomic E-state index is 12.8. The van der Waals surface area contributed by atoms with Gasteiger partial charge in [-0.25, -0.2) is 4.79 Å². The van der Waals surface area contributed by atoms with Gasteiger partial charge in [-0.15, -0.1) is 0 Å². The van der Waals surface area contributed by atoms with Gasteiger partial charge >= 0.3 is 16.1 Å². The zero-order valence-corrected chi connectivity index (χ0v) is 17.9. The summed E-state index contributed by atoms with van der Waals surface area (Å²) in [6.07, 6.45) is 0. The summed E-state index contributed by atoms with van der Waals surface area (Å²) in [4.78, 5) is 24.4. The molecule has 0 saturated heterocycles. The van der Waals surface area contributed by atoms with E-state index in [1.54, 1.807) is 32.9 Å². The third kappa shape index (κ3) is 5.48. The first-order valence-corrected chi connectivity index (χ1v) is 10.6. The second kappa shape index (κ2) is 9.00. The quantitative estimate of drug-likeness (QED) is 0.435. The molecule has 0 aliphatic carbocycles. The highest BCUT2D eigenvalue weighted by Gasteiger charge is 2.24. The van der Waals surface area contributed by atoms with Crippen molar-refractivity contribution in [2.24, 2.45) is 0 Å². The molecular formula is C21H20N2O7S. The first-order chi connectivity index (χ1) is 14.7. The number of carbonyl (C=O) groups is 2. The summed E-state index contributed by atoms with van der Waals surface area (Å²) in [6.45, 7) is 4.45. The van der Waals surface area contributed by atoms with Crippen LogP contribution in [0.25, 0.3) is 0 Å². The minimum absolute atomic E-state index is 0.00189. The van der Waals surface area contributed by atoms with E-state index in [0.29, 0.717) is 11.3 Å². The van der Waals surface area contributed by atoms with Gasteiger partial charge in [0.2, 0.25) is 0 Å². The third-order valence-electron chi connectivity index (χ3n) is 4.15. The van der Waals surface area contributed by atoms with Crippen LogP contribution in [0.2, 0.25) is 0 Å². The SMILES string of the molecule is Cc1ccc(C)c(S(=O)(=O)Oc2ccccc2C(=O)OCC(=O)Nc2cc(C)on2)c1. The van der Waals surface area contributed by atoms with Gasteiger partial charge in [0.25, 0.3) is 5.91 Å². The first-order valence-electron chi connectivity index (χ1n) is 9.17. The van der Waals surface area contributed by atoms with Crippen LogP contribution in [0.5, 0.6) is 5.75 Å². The Kier molecular flexibility index (Phi) is 6.40. The maximum Gasteiger partial charge on any atom is 0.342 e. The van der Waals surface area contributed by atoms with Gasteiger partial charge < -0.3 is 18.8 Å². The molecule has 3 aromatic rings. The lowest BCUT2D eigenvalue weighted by Crippen LogP contribution is -2.21. The summed E-state index contributed by atoms with van der Waals surface area (Å²) in [5.41, 5.74) is 1.11. The van der Waals surface area contributed by atoms with Crippen LogP contribution in [0.15, 0.2) is 57.9 Å². The maximum atomic E-state index is 12.8. The number of aromatic nitrogens is 1. The zero-order valence-electron chi connectivity index (χ0n) is 17.0. The van der Waals surface area contributed by atoms with Crippen LogP contribution in [-0.4, -0.2) is 32.1 Å². The molecule has 1 amide bonds. The lowest BCUT2D eigenvalue weighted by Gasteiger charge is -2.13. The molecule has 0 spiro atoms. The van der Waals surface area contributed by atoms with E-state index in [2.05, 4.69) is 10.5 Å². The molecule has 9 nitrogen and oxygen atoms in total. The predicted molar refractivity (Wildman–Crippen MR) is 110 cm³/mol. The fourth-order valence-electron chi connectivity index (χ4n) is 2.66. The van der Waals surface area contributed by atoms with Crippen molar-refractivity contribution in [3.05, 3.63) is 71.0 Å². The van der Waals surface area contributed by atoms with E-state index in [1.807, 2.05) is 0 Å². The molecule has 0 atom stereocenters.